The van der Waals surface area contributed by atoms with Gasteiger partial charge in [0.05, 0.1) is 4.90 Å². The van der Waals surface area contributed by atoms with Crippen molar-refractivity contribution in [2.24, 2.45) is 0 Å². The van der Waals surface area contributed by atoms with Gasteiger partial charge in [0.25, 0.3) is 15.9 Å². The molecule has 0 fully saturated rings. The normalized spacial score (nSPS) is 13.8. The van der Waals surface area contributed by atoms with E-state index in [0.717, 1.165) is 11.1 Å². The fourth-order valence-electron chi connectivity index (χ4n) is 3.31. The standard InChI is InChI=1S/C20H19N3O5S/c1-13-9-19(21-28-13)22-29(26,27)18-4-2-3-15(11-18)20(25)23-8-7-14-5-6-17(24)10-16(14)12-23/h2-6,9-11,24H,7-8,12H2,1H3,(H,21,22). The van der Waals surface area contributed by atoms with Crippen LogP contribution in [0.25, 0.3) is 0 Å². The molecule has 0 unspecified atom stereocenters. The molecular weight excluding hydrogens is 394 g/mol. The van der Waals surface area contributed by atoms with E-state index < -0.39 is 10.0 Å². The van der Waals surface area contributed by atoms with Crippen molar-refractivity contribution < 1.29 is 22.8 Å². The quantitative estimate of drug-likeness (QED) is 0.680. The number of nitrogens with zero attached hydrogens (tertiary/aromatic N) is 2. The zero-order chi connectivity index (χ0) is 20.6. The smallest absolute Gasteiger partial charge is 0.263 e. The summed E-state index contributed by atoms with van der Waals surface area (Å²) in [6.45, 7) is 2.53. The molecule has 0 atom stereocenters. The third-order valence-corrected chi connectivity index (χ3v) is 6.10. The lowest BCUT2D eigenvalue weighted by Crippen LogP contribution is -2.36. The summed E-state index contributed by atoms with van der Waals surface area (Å²) < 4.78 is 32.4. The fraction of sp³-hybridized carbons (Fsp3) is 0.200. The molecule has 8 nitrogen and oxygen atoms in total. The largest absolute Gasteiger partial charge is 0.508 e. The fourth-order valence-corrected chi connectivity index (χ4v) is 4.34. The number of nitrogens with one attached hydrogen (secondary N) is 1. The minimum absolute atomic E-state index is 0.0425. The van der Waals surface area contributed by atoms with Gasteiger partial charge < -0.3 is 14.5 Å². The Balaban J connectivity index is 1.56. The molecule has 150 valence electrons. The predicted molar refractivity (Wildman–Crippen MR) is 105 cm³/mol. The van der Waals surface area contributed by atoms with Crippen molar-refractivity contribution in [3.05, 3.63) is 71.0 Å². The highest BCUT2D eigenvalue weighted by Gasteiger charge is 2.24. The van der Waals surface area contributed by atoms with E-state index in [0.29, 0.717) is 25.3 Å². The van der Waals surface area contributed by atoms with Crippen LogP contribution in [0.1, 0.15) is 27.2 Å². The molecule has 2 aromatic carbocycles. The van der Waals surface area contributed by atoms with Crippen LogP contribution in [0.2, 0.25) is 0 Å². The number of hydrogen-bond donors (Lipinski definition) is 2. The Morgan fingerprint density at radius 3 is 2.76 bits per heavy atom. The summed E-state index contributed by atoms with van der Waals surface area (Å²) in [5.74, 6) is 0.434. The molecule has 9 heteroatoms. The Kier molecular flexibility index (Phi) is 4.75. The van der Waals surface area contributed by atoms with E-state index in [9.17, 15) is 18.3 Å². The topological polar surface area (TPSA) is 113 Å². The number of phenols is 1. The van der Waals surface area contributed by atoms with Gasteiger partial charge in [-0.1, -0.05) is 17.3 Å². The van der Waals surface area contributed by atoms with Gasteiger partial charge in [-0.2, -0.15) is 0 Å². The number of rotatable bonds is 4. The maximum Gasteiger partial charge on any atom is 0.263 e. The molecule has 0 bridgehead atoms. The summed E-state index contributed by atoms with van der Waals surface area (Å²) in [5, 5.41) is 13.3. The van der Waals surface area contributed by atoms with E-state index in [4.69, 9.17) is 4.52 Å². The average Bonchev–Trinajstić information content (AvgIpc) is 3.10. The van der Waals surface area contributed by atoms with Crippen LogP contribution in [0.5, 0.6) is 5.75 Å². The number of carbonyl (C=O) groups excluding carboxylic acids is 1. The number of anilines is 1. The highest BCUT2D eigenvalue weighted by atomic mass is 32.2. The van der Waals surface area contributed by atoms with Crippen LogP contribution in [0.4, 0.5) is 5.82 Å². The Morgan fingerprint density at radius 2 is 2.00 bits per heavy atom. The number of aromatic nitrogens is 1. The summed E-state index contributed by atoms with van der Waals surface area (Å²) in [7, 11) is -3.92. The zero-order valence-electron chi connectivity index (χ0n) is 15.6. The number of sulfonamides is 1. The van der Waals surface area contributed by atoms with Crippen LogP contribution in [0, 0.1) is 6.92 Å². The van der Waals surface area contributed by atoms with Gasteiger partial charge in [0.1, 0.15) is 11.5 Å². The second-order valence-corrected chi connectivity index (χ2v) is 8.57. The van der Waals surface area contributed by atoms with E-state index in [2.05, 4.69) is 9.88 Å². The Hall–Kier alpha value is -3.33. The monoisotopic (exact) mass is 413 g/mol. The first-order chi connectivity index (χ1) is 13.8. The Morgan fingerprint density at radius 1 is 1.17 bits per heavy atom. The molecule has 0 aliphatic carbocycles. The lowest BCUT2D eigenvalue weighted by Gasteiger charge is -2.29. The molecule has 1 aliphatic rings. The van der Waals surface area contributed by atoms with Crippen LogP contribution in [0.15, 0.2) is 57.9 Å². The van der Waals surface area contributed by atoms with Gasteiger partial charge in [-0.25, -0.2) is 8.42 Å². The van der Waals surface area contributed by atoms with Crippen molar-refractivity contribution in [2.75, 3.05) is 11.3 Å². The van der Waals surface area contributed by atoms with Gasteiger partial charge in [0.15, 0.2) is 5.82 Å². The third-order valence-electron chi connectivity index (χ3n) is 4.75. The molecule has 1 aromatic heterocycles. The number of carbonyl (C=O) groups is 1. The van der Waals surface area contributed by atoms with E-state index in [1.807, 2.05) is 6.07 Å². The molecule has 0 radical (unpaired) electrons. The van der Waals surface area contributed by atoms with Gasteiger partial charge >= 0.3 is 0 Å². The van der Waals surface area contributed by atoms with Crippen molar-refractivity contribution in [3.8, 4) is 5.75 Å². The second kappa shape index (κ2) is 7.25. The Labute approximate surface area is 167 Å². The first-order valence-electron chi connectivity index (χ1n) is 8.98. The molecule has 3 aromatic rings. The van der Waals surface area contributed by atoms with Crippen LogP contribution in [-0.2, 0) is 23.0 Å². The lowest BCUT2D eigenvalue weighted by atomic mass is 9.99. The molecule has 4 rings (SSSR count). The van der Waals surface area contributed by atoms with E-state index >= 15 is 0 Å². The molecule has 2 N–H and O–H groups in total. The molecule has 0 saturated carbocycles. The molecule has 1 amide bonds. The van der Waals surface area contributed by atoms with Crippen molar-refractivity contribution in [1.82, 2.24) is 10.1 Å². The van der Waals surface area contributed by atoms with Gasteiger partial charge in [-0.3, -0.25) is 9.52 Å². The van der Waals surface area contributed by atoms with E-state index in [1.165, 1.54) is 24.3 Å². The Bertz CT molecular complexity index is 1190. The maximum atomic E-state index is 13.0. The second-order valence-electron chi connectivity index (χ2n) is 6.89. The first kappa shape index (κ1) is 19.0. The lowest BCUT2D eigenvalue weighted by molar-refractivity contribution is 0.0734. The number of amides is 1. The van der Waals surface area contributed by atoms with E-state index in [-0.39, 0.29) is 27.9 Å². The first-order valence-corrected chi connectivity index (χ1v) is 10.5. The van der Waals surface area contributed by atoms with Crippen LogP contribution >= 0.6 is 0 Å². The molecule has 0 spiro atoms. The highest BCUT2D eigenvalue weighted by molar-refractivity contribution is 7.92. The number of benzene rings is 2. The summed E-state index contributed by atoms with van der Waals surface area (Å²) in [6, 6.07) is 12.5. The molecule has 2 heterocycles. The number of phenolic OH excluding ortho intramolecular Hbond substituents is 1. The van der Waals surface area contributed by atoms with E-state index in [1.54, 1.807) is 30.0 Å². The SMILES string of the molecule is Cc1cc(NS(=O)(=O)c2cccc(C(=O)N3CCc4ccc(O)cc4C3)c2)no1. The summed E-state index contributed by atoms with van der Waals surface area (Å²) >= 11 is 0. The van der Waals surface area contributed by atoms with Crippen LogP contribution in [0.3, 0.4) is 0 Å². The van der Waals surface area contributed by atoms with Gasteiger partial charge in [-0.05, 0) is 54.8 Å². The average molecular weight is 413 g/mol. The van der Waals surface area contributed by atoms with Crippen molar-refractivity contribution >= 4 is 21.7 Å². The van der Waals surface area contributed by atoms with Crippen molar-refractivity contribution in [2.45, 2.75) is 24.8 Å². The predicted octanol–water partition coefficient (Wildman–Crippen LogP) is 2.69. The summed E-state index contributed by atoms with van der Waals surface area (Å²) in [4.78, 5) is 14.6. The minimum atomic E-state index is -3.92. The van der Waals surface area contributed by atoms with Gasteiger partial charge in [0, 0.05) is 24.7 Å². The number of aromatic hydroxyl groups is 1. The maximum absolute atomic E-state index is 13.0. The summed E-state index contributed by atoms with van der Waals surface area (Å²) in [6.07, 6.45) is 0.673. The highest BCUT2D eigenvalue weighted by Crippen LogP contribution is 2.25. The number of aryl methyl sites for hydroxylation is 1. The number of fused-ring (bicyclic) bond motifs is 1. The minimum Gasteiger partial charge on any atom is -0.508 e. The molecular formula is C20H19N3O5S. The molecule has 29 heavy (non-hydrogen) atoms. The molecule has 0 saturated heterocycles. The zero-order valence-corrected chi connectivity index (χ0v) is 16.4. The van der Waals surface area contributed by atoms with Gasteiger partial charge in [-0.15, -0.1) is 0 Å². The summed E-state index contributed by atoms with van der Waals surface area (Å²) in [5.41, 5.74) is 2.25. The van der Waals surface area contributed by atoms with Gasteiger partial charge in [0.2, 0.25) is 0 Å². The molecule has 1 aliphatic heterocycles. The van der Waals surface area contributed by atoms with Crippen molar-refractivity contribution in [3.63, 3.8) is 0 Å². The van der Waals surface area contributed by atoms with Crippen molar-refractivity contribution in [1.29, 1.82) is 0 Å². The third kappa shape index (κ3) is 3.95. The van der Waals surface area contributed by atoms with Crippen LogP contribution in [-0.4, -0.2) is 36.0 Å². The number of hydrogen-bond acceptors (Lipinski definition) is 6. The van der Waals surface area contributed by atoms with Crippen LogP contribution < -0.4 is 4.72 Å².